The van der Waals surface area contributed by atoms with Crippen molar-refractivity contribution in [3.05, 3.63) is 35.9 Å². The Morgan fingerprint density at radius 3 is 2.38 bits per heavy atom. The number of unbranched alkanes of at least 4 members (excludes halogenated alkanes) is 3. The van der Waals surface area contributed by atoms with E-state index in [2.05, 4.69) is 38.2 Å². The minimum absolute atomic E-state index is 0.0729. The highest BCUT2D eigenvalue weighted by molar-refractivity contribution is 5.76. The first-order valence-electron chi connectivity index (χ1n) is 8.03. The van der Waals surface area contributed by atoms with Gasteiger partial charge in [0.25, 0.3) is 0 Å². The van der Waals surface area contributed by atoms with Crippen LogP contribution < -0.4 is 11.1 Å². The number of carbonyl (C=O) groups is 1. The van der Waals surface area contributed by atoms with Crippen molar-refractivity contribution in [2.75, 3.05) is 6.54 Å². The maximum atomic E-state index is 12.0. The highest BCUT2D eigenvalue weighted by atomic mass is 16.1. The molecule has 0 spiro atoms. The summed E-state index contributed by atoms with van der Waals surface area (Å²) < 4.78 is 0. The second kappa shape index (κ2) is 8.83. The van der Waals surface area contributed by atoms with Gasteiger partial charge in [0, 0.05) is 17.9 Å². The summed E-state index contributed by atoms with van der Waals surface area (Å²) in [5.41, 5.74) is 6.64. The Morgan fingerprint density at radius 2 is 1.76 bits per heavy atom. The zero-order valence-electron chi connectivity index (χ0n) is 13.7. The first-order valence-corrected chi connectivity index (χ1v) is 8.03. The monoisotopic (exact) mass is 290 g/mol. The number of hydrogen-bond acceptors (Lipinski definition) is 2. The molecule has 3 N–H and O–H groups in total. The zero-order chi connectivity index (χ0) is 15.7. The number of hydrogen-bond donors (Lipinski definition) is 2. The van der Waals surface area contributed by atoms with Crippen molar-refractivity contribution in [3.63, 3.8) is 0 Å². The first kappa shape index (κ1) is 17.7. The Balaban J connectivity index is 2.41. The lowest BCUT2D eigenvalue weighted by molar-refractivity contribution is -0.122. The first-order chi connectivity index (χ1) is 9.98. The fourth-order valence-corrected chi connectivity index (χ4v) is 2.40. The van der Waals surface area contributed by atoms with Gasteiger partial charge in [-0.2, -0.15) is 0 Å². The van der Waals surface area contributed by atoms with E-state index < -0.39 is 0 Å². The van der Waals surface area contributed by atoms with Gasteiger partial charge in [-0.25, -0.2) is 0 Å². The predicted molar refractivity (Wildman–Crippen MR) is 89.2 cm³/mol. The van der Waals surface area contributed by atoms with Crippen LogP contribution >= 0.6 is 0 Å². The largest absolute Gasteiger partial charge is 0.353 e. The van der Waals surface area contributed by atoms with Gasteiger partial charge < -0.3 is 11.1 Å². The Hall–Kier alpha value is -1.35. The van der Waals surface area contributed by atoms with Gasteiger partial charge in [0.2, 0.25) is 5.91 Å². The summed E-state index contributed by atoms with van der Waals surface area (Å²) in [6.45, 7) is 7.18. The molecule has 3 nitrogen and oxygen atoms in total. The lowest BCUT2D eigenvalue weighted by Crippen LogP contribution is -2.45. The summed E-state index contributed by atoms with van der Waals surface area (Å²) in [6, 6.07) is 10.5. The molecular formula is C18H30N2O. The lowest BCUT2D eigenvalue weighted by Gasteiger charge is -2.33. The van der Waals surface area contributed by atoms with Crippen LogP contribution in [0.1, 0.15) is 58.4 Å². The van der Waals surface area contributed by atoms with Crippen molar-refractivity contribution in [1.29, 1.82) is 0 Å². The molecule has 0 radical (unpaired) electrons. The molecule has 1 aromatic carbocycles. The van der Waals surface area contributed by atoms with E-state index in [0.29, 0.717) is 6.42 Å². The van der Waals surface area contributed by atoms with Crippen molar-refractivity contribution in [2.24, 2.45) is 5.73 Å². The van der Waals surface area contributed by atoms with Crippen molar-refractivity contribution in [2.45, 2.75) is 64.3 Å². The fraction of sp³-hybridized carbons (Fsp3) is 0.611. The number of carbonyl (C=O) groups excluding carboxylic acids is 1. The van der Waals surface area contributed by atoms with E-state index in [0.717, 1.165) is 32.2 Å². The molecule has 0 bridgehead atoms. The summed E-state index contributed by atoms with van der Waals surface area (Å²) in [6.07, 6.45) is 4.82. The maximum absolute atomic E-state index is 12.0. The Morgan fingerprint density at radius 1 is 1.14 bits per heavy atom. The minimum atomic E-state index is -0.0729. The fourth-order valence-electron chi connectivity index (χ4n) is 2.40. The topological polar surface area (TPSA) is 55.1 Å². The van der Waals surface area contributed by atoms with Crippen LogP contribution in [0, 0.1) is 0 Å². The van der Waals surface area contributed by atoms with Gasteiger partial charge in [0.15, 0.2) is 0 Å². The summed E-state index contributed by atoms with van der Waals surface area (Å²) in [4.78, 5) is 12.0. The molecule has 1 amide bonds. The second-order valence-corrected chi connectivity index (χ2v) is 6.33. The standard InChI is InChI=1S/C18H30N2O/c1-15(18(2,3)16-11-7-6-8-12-16)20-17(21)13-9-4-5-10-14-19/h6-8,11-12,15H,4-5,9-10,13-14,19H2,1-3H3,(H,20,21). The Bertz CT molecular complexity index is 414. The molecule has 0 saturated carbocycles. The van der Waals surface area contributed by atoms with E-state index in [1.54, 1.807) is 0 Å². The summed E-state index contributed by atoms with van der Waals surface area (Å²) in [5.74, 6) is 0.152. The van der Waals surface area contributed by atoms with Gasteiger partial charge in [0.05, 0.1) is 0 Å². The average Bonchev–Trinajstić information content (AvgIpc) is 2.47. The van der Waals surface area contributed by atoms with Crippen LogP contribution in [0.5, 0.6) is 0 Å². The number of rotatable bonds is 9. The van der Waals surface area contributed by atoms with Gasteiger partial charge in [-0.05, 0) is 31.9 Å². The van der Waals surface area contributed by atoms with Crippen LogP contribution in [-0.2, 0) is 10.2 Å². The van der Waals surface area contributed by atoms with E-state index in [1.807, 2.05) is 18.2 Å². The van der Waals surface area contributed by atoms with Gasteiger partial charge in [-0.15, -0.1) is 0 Å². The van der Waals surface area contributed by atoms with Crippen molar-refractivity contribution < 1.29 is 4.79 Å². The molecule has 1 rings (SSSR count). The average molecular weight is 290 g/mol. The number of nitrogens with one attached hydrogen (secondary N) is 1. The number of amides is 1. The summed E-state index contributed by atoms with van der Waals surface area (Å²) in [7, 11) is 0. The van der Waals surface area contributed by atoms with E-state index in [1.165, 1.54) is 5.56 Å². The smallest absolute Gasteiger partial charge is 0.220 e. The van der Waals surface area contributed by atoms with Crippen molar-refractivity contribution in [1.82, 2.24) is 5.32 Å². The molecular weight excluding hydrogens is 260 g/mol. The molecule has 1 unspecified atom stereocenters. The third-order valence-electron chi connectivity index (χ3n) is 4.34. The third-order valence-corrected chi connectivity index (χ3v) is 4.34. The molecule has 1 aromatic rings. The maximum Gasteiger partial charge on any atom is 0.220 e. The molecule has 0 heterocycles. The van der Waals surface area contributed by atoms with Crippen molar-refractivity contribution in [3.8, 4) is 0 Å². The predicted octanol–water partition coefficient (Wildman–Crippen LogP) is 3.38. The van der Waals surface area contributed by atoms with Crippen LogP contribution in [0.2, 0.25) is 0 Å². The van der Waals surface area contributed by atoms with E-state index in [-0.39, 0.29) is 17.4 Å². The third kappa shape index (κ3) is 5.88. The van der Waals surface area contributed by atoms with Gasteiger partial charge >= 0.3 is 0 Å². The molecule has 0 aliphatic carbocycles. The molecule has 0 aliphatic heterocycles. The highest BCUT2D eigenvalue weighted by Gasteiger charge is 2.28. The number of nitrogens with two attached hydrogens (primary N) is 1. The molecule has 0 saturated heterocycles. The molecule has 1 atom stereocenters. The van der Waals surface area contributed by atoms with Crippen LogP contribution in [0.3, 0.4) is 0 Å². The van der Waals surface area contributed by atoms with Gasteiger partial charge in [-0.1, -0.05) is 57.0 Å². The summed E-state index contributed by atoms with van der Waals surface area (Å²) in [5, 5.41) is 3.15. The molecule has 3 heteroatoms. The molecule has 0 aliphatic rings. The normalized spacial score (nSPS) is 13.0. The van der Waals surface area contributed by atoms with E-state index in [4.69, 9.17) is 5.73 Å². The summed E-state index contributed by atoms with van der Waals surface area (Å²) >= 11 is 0. The molecule has 0 fully saturated rings. The van der Waals surface area contributed by atoms with Crippen LogP contribution in [-0.4, -0.2) is 18.5 Å². The van der Waals surface area contributed by atoms with Crippen molar-refractivity contribution >= 4 is 5.91 Å². The quantitative estimate of drug-likeness (QED) is 0.685. The SMILES string of the molecule is CC(NC(=O)CCCCCCN)C(C)(C)c1ccccc1. The Labute approximate surface area is 129 Å². The van der Waals surface area contributed by atoms with Crippen LogP contribution in [0.4, 0.5) is 0 Å². The van der Waals surface area contributed by atoms with E-state index in [9.17, 15) is 4.79 Å². The highest BCUT2D eigenvalue weighted by Crippen LogP contribution is 2.26. The van der Waals surface area contributed by atoms with Gasteiger partial charge in [0.1, 0.15) is 0 Å². The van der Waals surface area contributed by atoms with E-state index >= 15 is 0 Å². The second-order valence-electron chi connectivity index (χ2n) is 6.33. The Kier molecular flexibility index (Phi) is 7.44. The molecule has 118 valence electrons. The van der Waals surface area contributed by atoms with Crippen LogP contribution in [0.15, 0.2) is 30.3 Å². The minimum Gasteiger partial charge on any atom is -0.353 e. The zero-order valence-corrected chi connectivity index (χ0v) is 13.7. The van der Waals surface area contributed by atoms with Crippen LogP contribution in [0.25, 0.3) is 0 Å². The molecule has 21 heavy (non-hydrogen) atoms. The van der Waals surface area contributed by atoms with Gasteiger partial charge in [-0.3, -0.25) is 4.79 Å². The molecule has 0 aromatic heterocycles. The number of benzene rings is 1. The lowest BCUT2D eigenvalue weighted by atomic mass is 9.78.